The number of hydrogen-bond acceptors (Lipinski definition) is 10. The molecule has 1 aromatic heterocycles. The van der Waals surface area contributed by atoms with Crippen LogP contribution in [0.4, 0.5) is 35.4 Å². The van der Waals surface area contributed by atoms with Crippen LogP contribution in [0.1, 0.15) is 42.1 Å². The zero-order valence-electron chi connectivity index (χ0n) is 17.1. The van der Waals surface area contributed by atoms with Crippen LogP contribution in [-0.4, -0.2) is 41.4 Å². The van der Waals surface area contributed by atoms with Gasteiger partial charge in [-0.2, -0.15) is 13.2 Å². The molecule has 0 radical (unpaired) electrons. The minimum Gasteiger partial charge on any atom is -0.460 e. The lowest BCUT2D eigenvalue weighted by molar-refractivity contribution is -0.0323. The number of rotatable bonds is 7. The van der Waals surface area contributed by atoms with Crippen LogP contribution in [0.25, 0.3) is 0 Å². The van der Waals surface area contributed by atoms with Gasteiger partial charge in [-0.05, 0) is 43.9 Å². The minimum atomic E-state index is -4.46. The number of azo groups is 1. The number of ether oxygens (including phenoxy) is 1. The Morgan fingerprint density at radius 1 is 1.39 bits per heavy atom. The number of nitrogens with zero attached hydrogens (tertiary/aromatic N) is 5. The number of aryl methyl sites for hydroxylation is 1. The second-order valence-corrected chi connectivity index (χ2v) is 8.70. The van der Waals surface area contributed by atoms with Crippen molar-refractivity contribution in [1.29, 1.82) is 0 Å². The van der Waals surface area contributed by atoms with Gasteiger partial charge in [0.05, 0.1) is 24.2 Å². The lowest BCUT2D eigenvalue weighted by Gasteiger charge is -2.34. The van der Waals surface area contributed by atoms with E-state index in [1.807, 2.05) is 18.9 Å². The molecule has 0 bridgehead atoms. The van der Waals surface area contributed by atoms with Crippen LogP contribution in [0, 0.1) is 0 Å². The highest BCUT2D eigenvalue weighted by atomic mass is 32.2. The molecular formula is C18H21F3N6O2S2. The smallest absolute Gasteiger partial charge is 0.460 e. The molecular weight excluding hydrogens is 453 g/mol. The van der Waals surface area contributed by atoms with Gasteiger partial charge in [-0.15, -0.1) is 20.4 Å². The molecule has 13 heteroatoms. The van der Waals surface area contributed by atoms with Crippen molar-refractivity contribution in [2.45, 2.75) is 44.7 Å². The Hall–Kier alpha value is -2.41. The number of benzene rings is 1. The van der Waals surface area contributed by atoms with E-state index in [4.69, 9.17) is 4.74 Å². The van der Waals surface area contributed by atoms with Crippen LogP contribution >= 0.6 is 23.3 Å². The second kappa shape index (κ2) is 9.81. The highest BCUT2D eigenvalue weighted by molar-refractivity contribution is 8.01. The van der Waals surface area contributed by atoms with Crippen molar-refractivity contribution < 1.29 is 22.7 Å². The molecule has 0 saturated carbocycles. The van der Waals surface area contributed by atoms with E-state index in [-0.39, 0.29) is 46.1 Å². The Morgan fingerprint density at radius 3 is 2.87 bits per heavy atom. The van der Waals surface area contributed by atoms with Gasteiger partial charge in [0.2, 0.25) is 5.01 Å². The van der Waals surface area contributed by atoms with Gasteiger partial charge in [0.15, 0.2) is 0 Å². The fraction of sp³-hybridized carbons (Fsp3) is 0.500. The molecule has 31 heavy (non-hydrogen) atoms. The average molecular weight is 475 g/mol. The number of halogens is 3. The van der Waals surface area contributed by atoms with Crippen LogP contribution in [0.5, 0.6) is 0 Å². The van der Waals surface area contributed by atoms with Gasteiger partial charge in [0.1, 0.15) is 5.69 Å². The van der Waals surface area contributed by atoms with Gasteiger partial charge in [-0.1, -0.05) is 18.3 Å². The number of alkyl halides is 3. The Labute approximate surface area is 185 Å². The summed E-state index contributed by atoms with van der Waals surface area (Å²) < 4.78 is 45.5. The van der Waals surface area contributed by atoms with Crippen LogP contribution in [-0.2, 0) is 11.2 Å². The van der Waals surface area contributed by atoms with Crippen molar-refractivity contribution in [3.63, 3.8) is 0 Å². The molecule has 0 spiro atoms. The maximum absolute atomic E-state index is 12.7. The molecule has 1 aliphatic heterocycles. The molecule has 0 amide bonds. The molecule has 1 atom stereocenters. The summed E-state index contributed by atoms with van der Waals surface area (Å²) in [7, 11) is 1.91. The van der Waals surface area contributed by atoms with Crippen molar-refractivity contribution >= 4 is 51.4 Å². The van der Waals surface area contributed by atoms with Crippen molar-refractivity contribution in [2.75, 3.05) is 23.3 Å². The first kappa shape index (κ1) is 23.3. The van der Waals surface area contributed by atoms with E-state index in [9.17, 15) is 18.0 Å². The molecule has 8 nitrogen and oxygen atoms in total. The molecule has 1 aliphatic rings. The topological polar surface area (TPSA) is 92.1 Å². The number of nitrogens with one attached hydrogen (secondary N) is 1. The Bertz CT molecular complexity index is 966. The van der Waals surface area contributed by atoms with Gasteiger partial charge < -0.3 is 14.4 Å². The third-order valence-electron chi connectivity index (χ3n) is 4.62. The number of anilines is 2. The Kier molecular flexibility index (Phi) is 7.36. The highest BCUT2D eigenvalue weighted by Gasteiger charge is 2.30. The summed E-state index contributed by atoms with van der Waals surface area (Å²) >= 11 is 0.527. The summed E-state index contributed by atoms with van der Waals surface area (Å²) in [5.74, 6) is -0.601. The summed E-state index contributed by atoms with van der Waals surface area (Å²) in [6.45, 7) is 4.20. The van der Waals surface area contributed by atoms with Crippen molar-refractivity contribution in [1.82, 2.24) is 10.2 Å². The second-order valence-electron chi connectivity index (χ2n) is 6.87. The lowest BCUT2D eigenvalue weighted by atomic mass is 9.96. The molecule has 1 N–H and O–H groups in total. The standard InChI is InChI=1S/C18H21F3N6O2S2/c1-4-7-29-16(28)15-23-25-17(30-15)24-22-12-8-11-6-5-10(2)27(3)14(11)9-13(12)26-31-18(19,20)21/h8-10,26H,4-7H2,1-3H3. The number of hydrogen-bond donors (Lipinski definition) is 1. The largest absolute Gasteiger partial charge is 0.461 e. The maximum atomic E-state index is 12.7. The Balaban J connectivity index is 1.87. The third-order valence-corrected chi connectivity index (χ3v) is 5.96. The first-order valence-corrected chi connectivity index (χ1v) is 11.1. The number of carbonyl (C=O) groups excluding carboxylic acids is 1. The van der Waals surface area contributed by atoms with Gasteiger partial charge >= 0.3 is 11.5 Å². The fourth-order valence-electron chi connectivity index (χ4n) is 2.91. The highest BCUT2D eigenvalue weighted by Crippen LogP contribution is 2.41. The maximum Gasteiger partial charge on any atom is 0.461 e. The molecule has 1 unspecified atom stereocenters. The number of esters is 1. The zero-order valence-corrected chi connectivity index (χ0v) is 18.7. The van der Waals surface area contributed by atoms with E-state index in [2.05, 4.69) is 32.1 Å². The first-order chi connectivity index (χ1) is 14.7. The van der Waals surface area contributed by atoms with Crippen molar-refractivity contribution in [3.8, 4) is 0 Å². The molecule has 0 fully saturated rings. The molecule has 3 rings (SSSR count). The number of aromatic nitrogens is 2. The molecule has 1 aromatic carbocycles. The Morgan fingerprint density at radius 2 is 2.16 bits per heavy atom. The van der Waals surface area contributed by atoms with Crippen LogP contribution in [0.3, 0.4) is 0 Å². The van der Waals surface area contributed by atoms with E-state index in [1.54, 1.807) is 12.1 Å². The summed E-state index contributed by atoms with van der Waals surface area (Å²) in [4.78, 5) is 13.9. The van der Waals surface area contributed by atoms with E-state index in [0.29, 0.717) is 6.42 Å². The van der Waals surface area contributed by atoms with Gasteiger partial charge in [-0.25, -0.2) is 4.79 Å². The fourth-order valence-corrected chi connectivity index (χ4v) is 3.86. The van der Waals surface area contributed by atoms with E-state index in [0.717, 1.165) is 35.4 Å². The van der Waals surface area contributed by atoms with E-state index in [1.165, 1.54) is 0 Å². The summed E-state index contributed by atoms with van der Waals surface area (Å²) in [6.07, 6.45) is 2.38. The minimum absolute atomic E-state index is 0.0365. The first-order valence-electron chi connectivity index (χ1n) is 9.50. The van der Waals surface area contributed by atoms with E-state index >= 15 is 0 Å². The zero-order chi connectivity index (χ0) is 22.6. The molecule has 168 valence electrons. The molecule has 2 aromatic rings. The van der Waals surface area contributed by atoms with E-state index < -0.39 is 11.5 Å². The average Bonchev–Trinajstić information content (AvgIpc) is 3.20. The normalized spacial score (nSPS) is 16.5. The predicted molar refractivity (Wildman–Crippen MR) is 115 cm³/mol. The van der Waals surface area contributed by atoms with Crippen molar-refractivity contribution in [3.05, 3.63) is 22.7 Å². The van der Waals surface area contributed by atoms with Gasteiger partial charge in [-0.3, -0.25) is 0 Å². The molecule has 2 heterocycles. The van der Waals surface area contributed by atoms with Crippen LogP contribution in [0.2, 0.25) is 0 Å². The SMILES string of the molecule is CCCOC(=O)c1nnc(N=Nc2cc3c(cc2NSC(F)(F)F)N(C)C(C)CC3)s1. The molecule has 0 aliphatic carbocycles. The van der Waals surface area contributed by atoms with Gasteiger partial charge in [0, 0.05) is 18.8 Å². The number of fused-ring (bicyclic) bond motifs is 1. The summed E-state index contributed by atoms with van der Waals surface area (Å²) in [5.41, 5.74) is -2.23. The predicted octanol–water partition coefficient (Wildman–Crippen LogP) is 5.87. The number of carbonyl (C=O) groups is 1. The quantitative estimate of drug-likeness (QED) is 0.305. The molecule has 0 saturated heterocycles. The van der Waals surface area contributed by atoms with Crippen LogP contribution < -0.4 is 9.62 Å². The van der Waals surface area contributed by atoms with Crippen LogP contribution in [0.15, 0.2) is 22.4 Å². The lowest BCUT2D eigenvalue weighted by Crippen LogP contribution is -2.33. The third kappa shape index (κ3) is 6.06. The van der Waals surface area contributed by atoms with Gasteiger partial charge in [0.25, 0.3) is 5.13 Å². The summed E-state index contributed by atoms with van der Waals surface area (Å²) in [6, 6.07) is 3.64. The summed E-state index contributed by atoms with van der Waals surface area (Å²) in [5, 5.41) is 15.7. The monoisotopic (exact) mass is 474 g/mol. The van der Waals surface area contributed by atoms with Crippen molar-refractivity contribution in [2.24, 2.45) is 10.2 Å².